The third-order valence-electron chi connectivity index (χ3n) is 19.0. The standard InChI is InChI=1S/C42H70O11.C15H20O3.Na/c1-11-29(38(46)47)31-15-14-23(4)36(50-31)27(8)34(44)26(7)35(45)30(12-2)37-24(5)22-25(6)41(51-37)19-16-32(43)42(53-41)21-20-39(10,52-42)33-17-18-40(48,13-3)28(9)49-33;1-9-5-4-8-15(3)13(18-15)12-11(7-6-9)10(2)14(16)17-12;/h16,19,23-34,36-37,43-44,48H,11-15,17-18,20-22H2,1-10H3,(H,46,47);5,11-13H,2,4,6-8H2,1,3H3;/q;;+1/p-1. The Morgan fingerprint density at radius 2 is 1.58 bits per heavy atom. The van der Waals surface area contributed by atoms with Gasteiger partial charge in [-0.3, -0.25) is 4.79 Å². The number of carbonyl (C=O) groups is 3. The van der Waals surface area contributed by atoms with Crippen molar-refractivity contribution in [3.8, 4) is 0 Å². The normalized spacial score (nSPS) is 44.9. The van der Waals surface area contributed by atoms with Crippen molar-refractivity contribution in [3.05, 3.63) is 36.0 Å². The number of aliphatic hydroxyl groups excluding tert-OH is 2. The van der Waals surface area contributed by atoms with Crippen molar-refractivity contribution >= 4 is 17.7 Å². The van der Waals surface area contributed by atoms with Gasteiger partial charge in [0.2, 0.25) is 5.79 Å². The zero-order valence-corrected chi connectivity index (χ0v) is 48.0. The van der Waals surface area contributed by atoms with Crippen LogP contribution in [0.1, 0.15) is 173 Å². The fraction of sp³-hybridized carbons (Fsp3) is 0.842. The van der Waals surface area contributed by atoms with E-state index in [4.69, 9.17) is 33.2 Å². The molecule has 6 saturated heterocycles. The van der Waals surface area contributed by atoms with Gasteiger partial charge in [-0.05, 0) is 135 Å². The Bertz CT molecular complexity index is 2010. The summed E-state index contributed by atoms with van der Waals surface area (Å²) < 4.78 is 44.7. The van der Waals surface area contributed by atoms with Crippen LogP contribution in [0.2, 0.25) is 0 Å². The maximum Gasteiger partial charge on any atom is 1.00 e. The monoisotopic (exact) mass is 1020 g/mol. The minimum atomic E-state index is -1.37. The van der Waals surface area contributed by atoms with Crippen molar-refractivity contribution in [2.45, 2.75) is 256 Å². The average Bonchev–Trinajstić information content (AvgIpc) is 3.75. The number of Topliss-reactive ketones (excluding diaryl/α,β-unsaturated/α-hetero) is 1. The predicted molar refractivity (Wildman–Crippen MR) is 264 cm³/mol. The SMILES string of the molecule is C=C1C(=O)OC2C1CCC(C)=CCCC1(C)OC21.CCC(C(=O)[O-])C1CCC(C)C(C(C)C(O)C(C)C(=O)C(CC)C2OC3(C=CC(O)C4(CCC(C)(C5CCC(O)(CC)C(C)O5)O4)O3)C(C)CC2C)O1.[Na+]. The van der Waals surface area contributed by atoms with Crippen LogP contribution in [-0.2, 0) is 47.5 Å². The quantitative estimate of drug-likeness (QED) is 0.0804. The first-order valence-electron chi connectivity index (χ1n) is 27.5. The van der Waals surface area contributed by atoms with Crippen LogP contribution in [0.15, 0.2) is 36.0 Å². The third-order valence-corrected chi connectivity index (χ3v) is 19.0. The minimum absolute atomic E-state index is 0. The van der Waals surface area contributed by atoms with Crippen LogP contribution in [0.4, 0.5) is 0 Å². The van der Waals surface area contributed by atoms with Crippen LogP contribution >= 0.6 is 0 Å². The van der Waals surface area contributed by atoms with Crippen molar-refractivity contribution < 1.29 is 97.5 Å². The van der Waals surface area contributed by atoms with Crippen LogP contribution in [0.3, 0.4) is 0 Å². The maximum atomic E-state index is 14.4. The molecule has 3 N–H and O–H groups in total. The molecule has 7 heterocycles. The molecule has 15 heteroatoms. The molecule has 1 aliphatic carbocycles. The number of rotatable bonds is 12. The fourth-order valence-corrected chi connectivity index (χ4v) is 13.7. The van der Waals surface area contributed by atoms with Gasteiger partial charge in [0.05, 0.1) is 53.4 Å². The Balaban J connectivity index is 0.000000371. The van der Waals surface area contributed by atoms with Crippen LogP contribution in [0.5, 0.6) is 0 Å². The van der Waals surface area contributed by atoms with E-state index in [2.05, 4.69) is 47.3 Å². The number of hydrogen-bond acceptors (Lipinski definition) is 14. The van der Waals surface area contributed by atoms with Crippen molar-refractivity contribution in [2.75, 3.05) is 0 Å². The third kappa shape index (κ3) is 11.7. The molecule has 0 aromatic carbocycles. The first-order chi connectivity index (χ1) is 33.3. The number of fused-ring (bicyclic) bond motifs is 3. The number of esters is 1. The second-order valence-corrected chi connectivity index (χ2v) is 23.9. The number of carboxylic acid groups (broad SMARTS) is 1. The molecular weight excluding hydrogens is 932 g/mol. The summed E-state index contributed by atoms with van der Waals surface area (Å²) in [6.45, 7) is 27.7. The molecule has 0 radical (unpaired) electrons. The van der Waals surface area contributed by atoms with Gasteiger partial charge in [-0.25, -0.2) is 4.79 Å². The number of epoxide rings is 1. The summed E-state index contributed by atoms with van der Waals surface area (Å²) >= 11 is 0. The number of hydrogen-bond donors (Lipinski definition) is 3. The smallest absolute Gasteiger partial charge is 0.550 e. The molecule has 7 aliphatic heterocycles. The van der Waals surface area contributed by atoms with E-state index in [1.54, 1.807) is 19.1 Å². The summed E-state index contributed by atoms with van der Waals surface area (Å²) in [5.41, 5.74) is 0.278. The summed E-state index contributed by atoms with van der Waals surface area (Å²) in [4.78, 5) is 37.9. The second-order valence-electron chi connectivity index (χ2n) is 23.9. The number of ether oxygens (including phenoxy) is 7. The van der Waals surface area contributed by atoms with Crippen LogP contribution in [0, 0.1) is 47.3 Å². The first kappa shape index (κ1) is 59.7. The van der Waals surface area contributed by atoms with Crippen LogP contribution in [0.25, 0.3) is 0 Å². The molecule has 8 aliphatic rings. The molecule has 0 aromatic heterocycles. The fourth-order valence-electron chi connectivity index (χ4n) is 13.7. The molecular formula is C57H89NaO14. The van der Waals surface area contributed by atoms with E-state index in [1.165, 1.54) is 5.57 Å². The van der Waals surface area contributed by atoms with E-state index >= 15 is 0 Å². The predicted octanol–water partition coefficient (Wildman–Crippen LogP) is 4.62. The van der Waals surface area contributed by atoms with Gasteiger partial charge in [0, 0.05) is 53.5 Å². The van der Waals surface area contributed by atoms with Gasteiger partial charge < -0.3 is 58.4 Å². The Kier molecular flexibility index (Phi) is 19.2. The molecule has 0 amide bonds. The maximum absolute atomic E-state index is 14.4. The number of ketones is 1. The largest absolute Gasteiger partial charge is 1.00 e. The topological polar surface area (TPSA) is 203 Å². The van der Waals surface area contributed by atoms with Crippen molar-refractivity contribution in [3.63, 3.8) is 0 Å². The summed E-state index contributed by atoms with van der Waals surface area (Å²) in [6.07, 6.45) is 11.5. The molecule has 6 fully saturated rings. The van der Waals surface area contributed by atoms with Crippen molar-refractivity contribution in [1.82, 2.24) is 0 Å². The summed E-state index contributed by atoms with van der Waals surface area (Å²) in [7, 11) is 0. The van der Waals surface area contributed by atoms with Gasteiger partial charge in [0.15, 0.2) is 5.79 Å². The molecule has 22 atom stereocenters. The Hall–Kier alpha value is -1.53. The van der Waals surface area contributed by atoms with Gasteiger partial charge in [-0.2, -0.15) is 0 Å². The van der Waals surface area contributed by atoms with E-state index in [1.807, 2.05) is 41.5 Å². The zero-order chi connectivity index (χ0) is 52.2. The van der Waals surface area contributed by atoms with Crippen LogP contribution in [-0.4, -0.2) is 116 Å². The molecule has 72 heavy (non-hydrogen) atoms. The Morgan fingerprint density at radius 3 is 2.22 bits per heavy atom. The molecule has 22 unspecified atom stereocenters. The molecule has 0 aromatic rings. The number of allylic oxidation sites excluding steroid dienone is 2. The molecule has 0 bridgehead atoms. The molecule has 2 spiro atoms. The summed E-state index contributed by atoms with van der Waals surface area (Å²) in [5.74, 6) is -6.34. The Labute approximate surface area is 452 Å². The van der Waals surface area contributed by atoms with Gasteiger partial charge in [0.25, 0.3) is 0 Å². The van der Waals surface area contributed by atoms with E-state index in [9.17, 15) is 34.8 Å². The Morgan fingerprint density at radius 1 is 0.889 bits per heavy atom. The van der Waals surface area contributed by atoms with Crippen molar-refractivity contribution in [1.29, 1.82) is 0 Å². The number of carboxylic acids is 1. The van der Waals surface area contributed by atoms with Gasteiger partial charge in [-0.1, -0.05) is 73.6 Å². The zero-order valence-electron chi connectivity index (χ0n) is 46.0. The first-order valence-corrected chi connectivity index (χ1v) is 27.5. The van der Waals surface area contributed by atoms with E-state index in [0.717, 1.165) is 32.1 Å². The summed E-state index contributed by atoms with van der Waals surface area (Å²) in [6, 6.07) is 0. The second kappa shape index (κ2) is 23.2. The van der Waals surface area contributed by atoms with Gasteiger partial charge in [-0.15, -0.1) is 0 Å². The van der Waals surface area contributed by atoms with Crippen LogP contribution < -0.4 is 34.7 Å². The van der Waals surface area contributed by atoms with E-state index in [0.29, 0.717) is 63.4 Å². The molecule has 8 rings (SSSR count). The van der Waals surface area contributed by atoms with E-state index < -0.39 is 82.9 Å². The van der Waals surface area contributed by atoms with E-state index in [-0.39, 0.29) is 95.0 Å². The number of aliphatic hydroxyl groups is 3. The summed E-state index contributed by atoms with van der Waals surface area (Å²) in [5, 5.41) is 46.0. The minimum Gasteiger partial charge on any atom is -0.550 e. The number of carbonyl (C=O) groups excluding carboxylic acids is 3. The van der Waals surface area contributed by atoms with Gasteiger partial charge >= 0.3 is 35.5 Å². The molecule has 14 nitrogen and oxygen atoms in total. The van der Waals surface area contributed by atoms with Crippen molar-refractivity contribution in [2.24, 2.45) is 47.3 Å². The molecule has 402 valence electrons. The molecule has 0 saturated carbocycles. The number of aliphatic carboxylic acids is 1. The van der Waals surface area contributed by atoms with Gasteiger partial charge in [0.1, 0.15) is 24.1 Å². The average molecular weight is 1020 g/mol.